The van der Waals surface area contributed by atoms with Gasteiger partial charge in [0, 0.05) is 24.1 Å². The molecule has 1 aliphatic rings. The highest BCUT2D eigenvalue weighted by Gasteiger charge is 2.16. The maximum absolute atomic E-state index is 12.9. The van der Waals surface area contributed by atoms with E-state index in [0.717, 1.165) is 41.6 Å². The van der Waals surface area contributed by atoms with E-state index in [1.807, 2.05) is 54.6 Å². The van der Waals surface area contributed by atoms with Crippen LogP contribution in [-0.4, -0.2) is 35.3 Å². The molecule has 6 nitrogen and oxygen atoms in total. The van der Waals surface area contributed by atoms with E-state index in [0.29, 0.717) is 17.2 Å². The van der Waals surface area contributed by atoms with Crippen molar-refractivity contribution in [2.75, 3.05) is 13.2 Å². The number of hydrazine groups is 1. The van der Waals surface area contributed by atoms with Crippen LogP contribution >= 0.6 is 12.2 Å². The number of para-hydroxylation sites is 1. The Morgan fingerprint density at radius 2 is 1.90 bits per heavy atom. The summed E-state index contributed by atoms with van der Waals surface area (Å²) < 4.78 is 5.56. The fourth-order valence-electron chi connectivity index (χ4n) is 3.36. The van der Waals surface area contributed by atoms with Gasteiger partial charge in [-0.2, -0.15) is 0 Å². The summed E-state index contributed by atoms with van der Waals surface area (Å²) in [6.07, 6.45) is 2.26. The van der Waals surface area contributed by atoms with E-state index in [-0.39, 0.29) is 12.0 Å². The van der Waals surface area contributed by atoms with E-state index in [2.05, 4.69) is 16.2 Å². The highest BCUT2D eigenvalue weighted by molar-refractivity contribution is 7.80. The quantitative estimate of drug-likeness (QED) is 0.456. The van der Waals surface area contributed by atoms with Crippen LogP contribution in [0.4, 0.5) is 0 Å². The second-order valence-electron chi connectivity index (χ2n) is 6.86. The minimum atomic E-state index is -0.276. The van der Waals surface area contributed by atoms with Gasteiger partial charge in [0.25, 0.3) is 5.91 Å². The second-order valence-corrected chi connectivity index (χ2v) is 7.27. The number of thiocarbonyl (C=S) groups is 1. The molecule has 0 saturated carbocycles. The highest BCUT2D eigenvalue weighted by Crippen LogP contribution is 2.24. The molecule has 0 unspecified atom stereocenters. The molecule has 1 atom stereocenters. The van der Waals surface area contributed by atoms with Gasteiger partial charge in [0.05, 0.1) is 22.9 Å². The van der Waals surface area contributed by atoms with Crippen molar-refractivity contribution < 1.29 is 9.53 Å². The molecule has 29 heavy (non-hydrogen) atoms. The summed E-state index contributed by atoms with van der Waals surface area (Å²) in [6, 6.07) is 19.2. The maximum atomic E-state index is 12.9. The molecule has 4 rings (SSSR count). The molecule has 3 aromatic rings. The molecule has 1 aliphatic heterocycles. The lowest BCUT2D eigenvalue weighted by atomic mass is 10.0. The Labute approximate surface area is 174 Å². The molecule has 2 heterocycles. The molecular weight excluding hydrogens is 384 g/mol. The van der Waals surface area contributed by atoms with E-state index in [1.165, 1.54) is 0 Å². The second kappa shape index (κ2) is 8.98. The van der Waals surface area contributed by atoms with Crippen LogP contribution in [0.25, 0.3) is 22.2 Å². The standard InChI is InChI=1S/C22H22N4O2S/c27-21(25-26-22(29)23-14-16-9-6-12-28-16)18-13-20(15-7-2-1-3-8-15)24-19-11-5-4-10-17(18)19/h1-5,7-8,10-11,13,16H,6,9,12,14H2,(H,25,27)(H2,23,26,29)/t16-/m0/s1. The molecule has 1 aromatic heterocycles. The third kappa shape index (κ3) is 4.70. The van der Waals surface area contributed by atoms with Gasteiger partial charge in [0.2, 0.25) is 0 Å². The number of carbonyl (C=O) groups is 1. The summed E-state index contributed by atoms with van der Waals surface area (Å²) in [5.74, 6) is -0.276. The number of nitrogens with zero attached hydrogens (tertiary/aromatic N) is 1. The van der Waals surface area contributed by atoms with Crippen molar-refractivity contribution in [1.82, 2.24) is 21.2 Å². The first-order chi connectivity index (χ1) is 14.2. The number of hydrogen-bond donors (Lipinski definition) is 3. The molecule has 2 aromatic carbocycles. The lowest BCUT2D eigenvalue weighted by molar-refractivity contribution is 0.0944. The molecule has 148 valence electrons. The molecule has 0 aliphatic carbocycles. The van der Waals surface area contributed by atoms with Gasteiger partial charge < -0.3 is 10.1 Å². The van der Waals surface area contributed by atoms with Crippen LogP contribution in [-0.2, 0) is 4.74 Å². The van der Waals surface area contributed by atoms with Gasteiger partial charge in [-0.25, -0.2) is 4.98 Å². The number of nitrogens with one attached hydrogen (secondary N) is 3. The Hall–Kier alpha value is -3.03. The first kappa shape index (κ1) is 19.3. The average Bonchev–Trinajstić information content (AvgIpc) is 3.29. The number of carbonyl (C=O) groups excluding carboxylic acids is 1. The number of aromatic nitrogens is 1. The van der Waals surface area contributed by atoms with Crippen LogP contribution in [0.3, 0.4) is 0 Å². The van der Waals surface area contributed by atoms with Crippen molar-refractivity contribution >= 4 is 34.1 Å². The summed E-state index contributed by atoms with van der Waals surface area (Å²) >= 11 is 5.25. The Morgan fingerprint density at radius 3 is 2.69 bits per heavy atom. The Bertz CT molecular complexity index is 1020. The number of rotatable bonds is 4. The maximum Gasteiger partial charge on any atom is 0.270 e. The molecule has 1 fully saturated rings. The number of amides is 1. The van der Waals surface area contributed by atoms with Gasteiger partial charge in [-0.15, -0.1) is 0 Å². The summed E-state index contributed by atoms with van der Waals surface area (Å²) in [4.78, 5) is 17.6. The van der Waals surface area contributed by atoms with E-state index in [4.69, 9.17) is 21.9 Å². The zero-order valence-electron chi connectivity index (χ0n) is 15.9. The fraction of sp³-hybridized carbons (Fsp3) is 0.227. The summed E-state index contributed by atoms with van der Waals surface area (Å²) in [5, 5.41) is 4.21. The molecule has 0 spiro atoms. The van der Waals surface area contributed by atoms with Gasteiger partial charge in [0.1, 0.15) is 0 Å². The van der Waals surface area contributed by atoms with Gasteiger partial charge in [-0.3, -0.25) is 15.6 Å². The number of pyridine rings is 1. The molecule has 0 radical (unpaired) electrons. The minimum Gasteiger partial charge on any atom is -0.376 e. The van der Waals surface area contributed by atoms with Crippen LogP contribution < -0.4 is 16.2 Å². The van der Waals surface area contributed by atoms with E-state index in [9.17, 15) is 4.79 Å². The molecule has 1 saturated heterocycles. The van der Waals surface area contributed by atoms with Crippen LogP contribution in [0.15, 0.2) is 60.7 Å². The zero-order valence-corrected chi connectivity index (χ0v) is 16.7. The Kier molecular flexibility index (Phi) is 5.97. The van der Waals surface area contributed by atoms with Crippen molar-refractivity contribution in [2.45, 2.75) is 18.9 Å². The lowest BCUT2D eigenvalue weighted by Gasteiger charge is -2.15. The van der Waals surface area contributed by atoms with Crippen molar-refractivity contribution in [3.8, 4) is 11.3 Å². The fourth-order valence-corrected chi connectivity index (χ4v) is 3.49. The molecular formula is C22H22N4O2S. The SMILES string of the molecule is O=C(NNC(=S)NC[C@@H]1CCCO1)c1cc(-c2ccccc2)nc2ccccc12. The molecule has 7 heteroatoms. The lowest BCUT2D eigenvalue weighted by Crippen LogP contribution is -2.48. The van der Waals surface area contributed by atoms with Crippen LogP contribution in [0.5, 0.6) is 0 Å². The summed E-state index contributed by atoms with van der Waals surface area (Å²) in [6.45, 7) is 1.42. The minimum absolute atomic E-state index is 0.169. The number of hydrogen-bond acceptors (Lipinski definition) is 4. The van der Waals surface area contributed by atoms with E-state index in [1.54, 1.807) is 6.07 Å². The predicted molar refractivity (Wildman–Crippen MR) is 117 cm³/mol. The van der Waals surface area contributed by atoms with Crippen molar-refractivity contribution in [2.24, 2.45) is 0 Å². The Morgan fingerprint density at radius 1 is 1.10 bits per heavy atom. The molecule has 0 bridgehead atoms. The third-order valence-corrected chi connectivity index (χ3v) is 5.08. The van der Waals surface area contributed by atoms with E-state index < -0.39 is 0 Å². The van der Waals surface area contributed by atoms with Gasteiger partial charge in [-0.1, -0.05) is 48.5 Å². The van der Waals surface area contributed by atoms with Crippen molar-refractivity contribution in [3.63, 3.8) is 0 Å². The van der Waals surface area contributed by atoms with Crippen molar-refractivity contribution in [3.05, 3.63) is 66.2 Å². The molecule has 3 N–H and O–H groups in total. The van der Waals surface area contributed by atoms with Gasteiger partial charge >= 0.3 is 0 Å². The molecule has 1 amide bonds. The smallest absolute Gasteiger partial charge is 0.270 e. The summed E-state index contributed by atoms with van der Waals surface area (Å²) in [5.41, 5.74) is 8.45. The van der Waals surface area contributed by atoms with Crippen molar-refractivity contribution in [1.29, 1.82) is 0 Å². The predicted octanol–water partition coefficient (Wildman–Crippen LogP) is 3.19. The highest BCUT2D eigenvalue weighted by atomic mass is 32.1. The largest absolute Gasteiger partial charge is 0.376 e. The average molecular weight is 407 g/mol. The van der Waals surface area contributed by atoms with Crippen LogP contribution in [0.1, 0.15) is 23.2 Å². The van der Waals surface area contributed by atoms with Gasteiger partial charge in [0.15, 0.2) is 5.11 Å². The first-order valence-corrected chi connectivity index (χ1v) is 10.0. The van der Waals surface area contributed by atoms with Gasteiger partial charge in [-0.05, 0) is 37.2 Å². The summed E-state index contributed by atoms with van der Waals surface area (Å²) in [7, 11) is 0. The van der Waals surface area contributed by atoms with Crippen LogP contribution in [0.2, 0.25) is 0 Å². The normalized spacial score (nSPS) is 15.8. The number of ether oxygens (including phenoxy) is 1. The topological polar surface area (TPSA) is 75.3 Å². The number of fused-ring (bicyclic) bond motifs is 1. The first-order valence-electron chi connectivity index (χ1n) is 9.62. The van der Waals surface area contributed by atoms with E-state index >= 15 is 0 Å². The number of benzene rings is 2. The Balaban J connectivity index is 1.49. The monoisotopic (exact) mass is 406 g/mol. The zero-order chi connectivity index (χ0) is 20.1. The van der Waals surface area contributed by atoms with Crippen LogP contribution in [0, 0.1) is 0 Å². The third-order valence-electron chi connectivity index (χ3n) is 4.83.